The largest absolute Gasteiger partial charge is 0.343 e. The molecule has 0 radical (unpaired) electrons. The van der Waals surface area contributed by atoms with Gasteiger partial charge in [-0.2, -0.15) is 0 Å². The first-order chi connectivity index (χ1) is 13.0. The minimum absolute atomic E-state index is 0.0997. The fourth-order valence-corrected chi connectivity index (χ4v) is 3.24. The molecule has 2 N–H and O–H groups in total. The molecule has 0 saturated carbocycles. The minimum atomic E-state index is -0.280. The zero-order chi connectivity index (χ0) is 19.2. The number of hydrogen-bond donors (Lipinski definition) is 2. The molecule has 3 rings (SSSR count). The average Bonchev–Trinajstić information content (AvgIpc) is 2.69. The van der Waals surface area contributed by atoms with E-state index in [1.54, 1.807) is 6.07 Å². The van der Waals surface area contributed by atoms with E-state index in [1.807, 2.05) is 73.7 Å². The van der Waals surface area contributed by atoms with Gasteiger partial charge in [0.05, 0.1) is 6.54 Å². The summed E-state index contributed by atoms with van der Waals surface area (Å²) in [6, 6.07) is 22.7. The summed E-state index contributed by atoms with van der Waals surface area (Å²) in [4.78, 5) is 24.8. The summed E-state index contributed by atoms with van der Waals surface area (Å²) in [5, 5.41) is 5.52. The zero-order valence-electron chi connectivity index (χ0n) is 14.8. The van der Waals surface area contributed by atoms with Crippen molar-refractivity contribution in [3.05, 3.63) is 88.4 Å². The normalized spacial score (nSPS) is 10.3. The predicted molar refractivity (Wildman–Crippen MR) is 112 cm³/mol. The highest BCUT2D eigenvalue weighted by Crippen LogP contribution is 2.23. The van der Waals surface area contributed by atoms with Crippen LogP contribution in [-0.2, 0) is 4.79 Å². The van der Waals surface area contributed by atoms with Crippen molar-refractivity contribution in [3.8, 4) is 11.1 Å². The van der Waals surface area contributed by atoms with Crippen molar-refractivity contribution in [1.29, 1.82) is 0 Å². The van der Waals surface area contributed by atoms with Gasteiger partial charge in [-0.05, 0) is 47.9 Å². The van der Waals surface area contributed by atoms with E-state index in [2.05, 4.69) is 26.6 Å². The van der Waals surface area contributed by atoms with Gasteiger partial charge in [0.1, 0.15) is 0 Å². The van der Waals surface area contributed by atoms with E-state index in [0.29, 0.717) is 5.56 Å². The maximum Gasteiger partial charge on any atom is 0.252 e. The molecule has 5 heteroatoms. The summed E-state index contributed by atoms with van der Waals surface area (Å²) in [6.45, 7) is 1.81. The van der Waals surface area contributed by atoms with Crippen LogP contribution in [0.2, 0.25) is 0 Å². The van der Waals surface area contributed by atoms with Crippen LogP contribution in [0.1, 0.15) is 15.9 Å². The average molecular weight is 423 g/mol. The lowest BCUT2D eigenvalue weighted by Gasteiger charge is -2.12. The van der Waals surface area contributed by atoms with Crippen LogP contribution >= 0.6 is 15.9 Å². The Bertz CT molecular complexity index is 971. The van der Waals surface area contributed by atoms with Gasteiger partial charge in [-0.15, -0.1) is 0 Å². The van der Waals surface area contributed by atoms with Gasteiger partial charge in [-0.25, -0.2) is 0 Å². The lowest BCUT2D eigenvalue weighted by Crippen LogP contribution is -2.33. The van der Waals surface area contributed by atoms with Gasteiger partial charge in [0, 0.05) is 15.7 Å². The Morgan fingerprint density at radius 2 is 1.63 bits per heavy atom. The van der Waals surface area contributed by atoms with Crippen LogP contribution in [0.5, 0.6) is 0 Å². The first-order valence-electron chi connectivity index (χ1n) is 8.53. The molecular weight excluding hydrogens is 404 g/mol. The maximum absolute atomic E-state index is 12.6. The number of hydrogen-bond acceptors (Lipinski definition) is 2. The van der Waals surface area contributed by atoms with Crippen LogP contribution in [0.4, 0.5) is 5.69 Å². The number of amides is 2. The van der Waals surface area contributed by atoms with E-state index in [4.69, 9.17) is 0 Å². The molecule has 27 heavy (non-hydrogen) atoms. The van der Waals surface area contributed by atoms with Gasteiger partial charge >= 0.3 is 0 Å². The molecule has 0 saturated heterocycles. The van der Waals surface area contributed by atoms with Crippen LogP contribution < -0.4 is 10.6 Å². The van der Waals surface area contributed by atoms with Crippen LogP contribution in [0.3, 0.4) is 0 Å². The van der Waals surface area contributed by atoms with Crippen molar-refractivity contribution >= 4 is 33.4 Å². The fourth-order valence-electron chi connectivity index (χ4n) is 2.77. The summed E-state index contributed by atoms with van der Waals surface area (Å²) in [5.41, 5.74) is 4.00. The molecule has 0 aliphatic rings. The molecule has 3 aromatic rings. The molecule has 4 nitrogen and oxygen atoms in total. The lowest BCUT2D eigenvalue weighted by atomic mass is 9.99. The molecule has 3 aromatic carbocycles. The zero-order valence-corrected chi connectivity index (χ0v) is 16.4. The van der Waals surface area contributed by atoms with Gasteiger partial charge in [-0.1, -0.05) is 64.5 Å². The highest BCUT2D eigenvalue weighted by atomic mass is 79.9. The lowest BCUT2D eigenvalue weighted by molar-refractivity contribution is -0.115. The summed E-state index contributed by atoms with van der Waals surface area (Å²) < 4.78 is 0.948. The number of carbonyl (C=O) groups is 2. The number of rotatable bonds is 5. The second-order valence-electron chi connectivity index (χ2n) is 6.10. The molecule has 0 aliphatic heterocycles. The molecule has 0 atom stereocenters. The van der Waals surface area contributed by atoms with E-state index in [0.717, 1.165) is 26.9 Å². The smallest absolute Gasteiger partial charge is 0.252 e. The van der Waals surface area contributed by atoms with Crippen molar-refractivity contribution in [3.63, 3.8) is 0 Å². The molecule has 0 aliphatic carbocycles. The van der Waals surface area contributed by atoms with Gasteiger partial charge in [-0.3, -0.25) is 9.59 Å². The summed E-state index contributed by atoms with van der Waals surface area (Å²) >= 11 is 3.39. The number of halogens is 1. The molecule has 0 heterocycles. The summed E-state index contributed by atoms with van der Waals surface area (Å²) in [6.07, 6.45) is 0. The van der Waals surface area contributed by atoms with Crippen molar-refractivity contribution in [1.82, 2.24) is 5.32 Å². The third-order valence-corrected chi connectivity index (χ3v) is 4.62. The predicted octanol–water partition coefficient (Wildman–Crippen LogP) is 4.79. The van der Waals surface area contributed by atoms with E-state index < -0.39 is 0 Å². The standard InChI is InChI=1S/C22H19BrN2O2/c1-15-13-17(23)11-12-20(15)25-21(26)14-24-22(27)19-10-6-5-9-18(19)16-7-3-2-4-8-16/h2-13H,14H2,1H3,(H,24,27)(H,25,26). The van der Waals surface area contributed by atoms with E-state index in [-0.39, 0.29) is 18.4 Å². The van der Waals surface area contributed by atoms with Gasteiger partial charge in [0.25, 0.3) is 5.91 Å². The Morgan fingerprint density at radius 1 is 0.926 bits per heavy atom. The van der Waals surface area contributed by atoms with Crippen LogP contribution in [0.15, 0.2) is 77.3 Å². The van der Waals surface area contributed by atoms with Crippen molar-refractivity contribution in [2.45, 2.75) is 6.92 Å². The molecular formula is C22H19BrN2O2. The number of nitrogens with one attached hydrogen (secondary N) is 2. The summed E-state index contributed by atoms with van der Waals surface area (Å²) in [7, 11) is 0. The minimum Gasteiger partial charge on any atom is -0.343 e. The van der Waals surface area contributed by atoms with Crippen molar-refractivity contribution in [2.75, 3.05) is 11.9 Å². The fraction of sp³-hybridized carbons (Fsp3) is 0.0909. The Balaban J connectivity index is 1.67. The maximum atomic E-state index is 12.6. The number of carbonyl (C=O) groups excluding carboxylic acids is 2. The molecule has 2 amide bonds. The third-order valence-electron chi connectivity index (χ3n) is 4.13. The topological polar surface area (TPSA) is 58.2 Å². The Labute approximate surface area is 166 Å². The van der Waals surface area contributed by atoms with E-state index in [9.17, 15) is 9.59 Å². The Hall–Kier alpha value is -2.92. The monoisotopic (exact) mass is 422 g/mol. The van der Waals surface area contributed by atoms with Gasteiger partial charge in [0.15, 0.2) is 0 Å². The van der Waals surface area contributed by atoms with Crippen molar-refractivity contribution in [2.24, 2.45) is 0 Å². The second kappa shape index (κ2) is 8.64. The molecule has 0 fully saturated rings. The van der Waals surface area contributed by atoms with Gasteiger partial charge in [0.2, 0.25) is 5.91 Å². The molecule has 0 unspecified atom stereocenters. The van der Waals surface area contributed by atoms with E-state index in [1.165, 1.54) is 0 Å². The third kappa shape index (κ3) is 4.83. The summed E-state index contributed by atoms with van der Waals surface area (Å²) in [5.74, 6) is -0.553. The van der Waals surface area contributed by atoms with Crippen LogP contribution in [-0.4, -0.2) is 18.4 Å². The molecule has 136 valence electrons. The molecule has 0 spiro atoms. The highest BCUT2D eigenvalue weighted by Gasteiger charge is 2.13. The Kier molecular flexibility index (Phi) is 6.04. The number of benzene rings is 3. The van der Waals surface area contributed by atoms with Crippen LogP contribution in [0, 0.1) is 6.92 Å². The van der Waals surface area contributed by atoms with E-state index >= 15 is 0 Å². The molecule has 0 bridgehead atoms. The quantitative estimate of drug-likeness (QED) is 0.620. The second-order valence-corrected chi connectivity index (χ2v) is 7.02. The first-order valence-corrected chi connectivity index (χ1v) is 9.32. The first kappa shape index (κ1) is 18.9. The SMILES string of the molecule is Cc1cc(Br)ccc1NC(=O)CNC(=O)c1ccccc1-c1ccccc1. The highest BCUT2D eigenvalue weighted by molar-refractivity contribution is 9.10. The van der Waals surface area contributed by atoms with Crippen molar-refractivity contribution < 1.29 is 9.59 Å². The Morgan fingerprint density at radius 3 is 2.37 bits per heavy atom. The number of anilines is 1. The van der Waals surface area contributed by atoms with Crippen LogP contribution in [0.25, 0.3) is 11.1 Å². The number of aryl methyl sites for hydroxylation is 1. The van der Waals surface area contributed by atoms with Gasteiger partial charge < -0.3 is 10.6 Å². The molecule has 0 aromatic heterocycles.